The third-order valence-corrected chi connectivity index (χ3v) is 9.05. The highest BCUT2D eigenvalue weighted by molar-refractivity contribution is 7.47. The summed E-state index contributed by atoms with van der Waals surface area (Å²) >= 11 is 0. The van der Waals surface area contributed by atoms with Crippen LogP contribution in [-0.2, 0) is 32.7 Å². The lowest BCUT2D eigenvalue weighted by atomic mass is 10.1. The molecule has 9 nitrogen and oxygen atoms in total. The second-order valence-electron chi connectivity index (χ2n) is 13.1. The minimum absolute atomic E-state index is 0.0406. The molecule has 0 aliphatic heterocycles. The number of phosphoric acid groups is 1. The van der Waals surface area contributed by atoms with Gasteiger partial charge in [-0.2, -0.15) is 0 Å². The van der Waals surface area contributed by atoms with Crippen LogP contribution in [-0.4, -0.2) is 49.3 Å². The van der Waals surface area contributed by atoms with Crippen molar-refractivity contribution >= 4 is 19.8 Å². The molecule has 0 bridgehead atoms. The van der Waals surface area contributed by atoms with Gasteiger partial charge in [0, 0.05) is 19.4 Å². The molecule has 304 valence electrons. The minimum Gasteiger partial charge on any atom is -0.462 e. The van der Waals surface area contributed by atoms with Crippen molar-refractivity contribution in [3.63, 3.8) is 0 Å². The zero-order valence-electron chi connectivity index (χ0n) is 33.2. The van der Waals surface area contributed by atoms with E-state index >= 15 is 0 Å². The Morgan fingerprint density at radius 1 is 0.566 bits per heavy atom. The average molecular weight is 764 g/mol. The Balaban J connectivity index is 4.32. The number of unbranched alkanes of at least 4 members (excludes halogenated alkanes) is 12. The molecular formula is C43H74NO8P. The van der Waals surface area contributed by atoms with Crippen molar-refractivity contribution in [1.29, 1.82) is 0 Å². The van der Waals surface area contributed by atoms with Gasteiger partial charge in [-0.25, -0.2) is 4.57 Å². The highest BCUT2D eigenvalue weighted by atomic mass is 31.2. The maximum Gasteiger partial charge on any atom is 0.472 e. The number of nitrogens with two attached hydrogens (primary N) is 1. The summed E-state index contributed by atoms with van der Waals surface area (Å²) in [5.41, 5.74) is 5.33. The molecule has 0 fully saturated rings. The largest absolute Gasteiger partial charge is 0.472 e. The first-order valence-corrected chi connectivity index (χ1v) is 21.9. The van der Waals surface area contributed by atoms with Gasteiger partial charge in [-0.15, -0.1) is 0 Å². The van der Waals surface area contributed by atoms with Gasteiger partial charge in [-0.05, 0) is 89.9 Å². The Morgan fingerprint density at radius 3 is 1.47 bits per heavy atom. The molecule has 0 aliphatic carbocycles. The normalized spacial score (nSPS) is 14.1. The topological polar surface area (TPSA) is 134 Å². The number of carbonyl (C=O) groups excluding carboxylic acids is 2. The van der Waals surface area contributed by atoms with E-state index in [1.807, 2.05) is 0 Å². The zero-order valence-corrected chi connectivity index (χ0v) is 34.1. The Kier molecular flexibility index (Phi) is 37.3. The molecule has 0 radical (unpaired) electrons. The fourth-order valence-electron chi connectivity index (χ4n) is 5.00. The fourth-order valence-corrected chi connectivity index (χ4v) is 5.76. The van der Waals surface area contributed by atoms with Crippen molar-refractivity contribution in [2.24, 2.45) is 5.73 Å². The Bertz CT molecular complexity index is 1100. The van der Waals surface area contributed by atoms with Crippen molar-refractivity contribution in [1.82, 2.24) is 0 Å². The van der Waals surface area contributed by atoms with Crippen molar-refractivity contribution in [3.05, 3.63) is 72.9 Å². The molecule has 0 spiro atoms. The molecule has 2 atom stereocenters. The number of esters is 2. The highest BCUT2D eigenvalue weighted by Crippen LogP contribution is 2.43. The molecule has 0 saturated heterocycles. The lowest BCUT2D eigenvalue weighted by Crippen LogP contribution is -2.29. The molecule has 0 heterocycles. The first-order valence-electron chi connectivity index (χ1n) is 20.4. The minimum atomic E-state index is -4.39. The molecule has 0 amide bonds. The van der Waals surface area contributed by atoms with Crippen LogP contribution in [0.5, 0.6) is 0 Å². The average Bonchev–Trinajstić information content (AvgIpc) is 3.14. The quantitative estimate of drug-likeness (QED) is 0.0274. The van der Waals surface area contributed by atoms with E-state index in [9.17, 15) is 19.0 Å². The number of ether oxygens (including phenoxy) is 2. The van der Waals surface area contributed by atoms with Gasteiger partial charge in [0.05, 0.1) is 13.2 Å². The summed E-state index contributed by atoms with van der Waals surface area (Å²) in [4.78, 5) is 34.8. The van der Waals surface area contributed by atoms with E-state index in [0.29, 0.717) is 12.8 Å². The number of hydrogen-bond donors (Lipinski definition) is 2. The third-order valence-electron chi connectivity index (χ3n) is 8.06. The Labute approximate surface area is 322 Å². The summed E-state index contributed by atoms with van der Waals surface area (Å²) in [7, 11) is -4.39. The first-order chi connectivity index (χ1) is 25.8. The maximum atomic E-state index is 12.6. The molecule has 0 aromatic heterocycles. The SMILES string of the molecule is CCCCCC=CCC=CCC=CCCCCCCC(=O)O[C@H](COC(=O)CCCCC=CCC=CCC=CCCCCC)COP(=O)(O)OCCN. The maximum absolute atomic E-state index is 12.6. The van der Waals surface area contributed by atoms with Crippen LogP contribution in [0.2, 0.25) is 0 Å². The fraction of sp³-hybridized carbons (Fsp3) is 0.674. The summed E-state index contributed by atoms with van der Waals surface area (Å²) in [6.45, 7) is 3.58. The molecule has 0 aromatic rings. The molecule has 0 aliphatic rings. The van der Waals surface area contributed by atoms with Crippen LogP contribution in [0.4, 0.5) is 0 Å². The van der Waals surface area contributed by atoms with Gasteiger partial charge in [0.25, 0.3) is 0 Å². The van der Waals surface area contributed by atoms with Gasteiger partial charge in [-0.3, -0.25) is 18.6 Å². The summed E-state index contributed by atoms with van der Waals surface area (Å²) in [5.74, 6) is -0.907. The van der Waals surface area contributed by atoms with Crippen molar-refractivity contribution in [2.75, 3.05) is 26.4 Å². The lowest BCUT2D eigenvalue weighted by molar-refractivity contribution is -0.161. The molecule has 3 N–H and O–H groups in total. The number of hydrogen-bond acceptors (Lipinski definition) is 8. The summed E-state index contributed by atoms with van der Waals surface area (Å²) in [6, 6.07) is 0. The van der Waals surface area contributed by atoms with Crippen LogP contribution < -0.4 is 5.73 Å². The molecule has 10 heteroatoms. The highest BCUT2D eigenvalue weighted by Gasteiger charge is 2.25. The van der Waals surface area contributed by atoms with Crippen molar-refractivity contribution < 1.29 is 37.6 Å². The lowest BCUT2D eigenvalue weighted by Gasteiger charge is -2.19. The summed E-state index contributed by atoms with van der Waals surface area (Å²) in [6.07, 6.45) is 46.4. The van der Waals surface area contributed by atoms with Crippen molar-refractivity contribution in [2.45, 2.75) is 161 Å². The smallest absolute Gasteiger partial charge is 0.462 e. The van der Waals surface area contributed by atoms with E-state index in [4.69, 9.17) is 24.3 Å². The molecular weight excluding hydrogens is 689 g/mol. The molecule has 0 aromatic carbocycles. The predicted octanol–water partition coefficient (Wildman–Crippen LogP) is 11.5. The number of phosphoric ester groups is 1. The summed E-state index contributed by atoms with van der Waals surface area (Å²) in [5, 5.41) is 0. The standard InChI is InChI=1S/C43H74NO8P/c1-3-5-7-9-11-13-15-17-19-20-22-24-26-28-30-32-34-36-43(46)52-41(40-51-53(47,48)50-38-37-44)39-49-42(45)35-33-31-29-27-25-23-21-18-16-14-12-10-8-6-4-2/h11-14,17-19,21-22,24-25,27,41H,3-10,15-16,20,23,26,28-40,44H2,1-2H3,(H,47,48)/t41-/m1/s1. The van der Waals surface area contributed by atoms with Crippen LogP contribution in [0, 0.1) is 0 Å². The van der Waals surface area contributed by atoms with E-state index in [0.717, 1.165) is 70.6 Å². The second kappa shape index (κ2) is 39.2. The molecule has 1 unspecified atom stereocenters. The second-order valence-corrected chi connectivity index (χ2v) is 14.6. The number of allylic oxidation sites excluding steroid dienone is 12. The predicted molar refractivity (Wildman–Crippen MR) is 219 cm³/mol. The van der Waals surface area contributed by atoms with Gasteiger partial charge in [-0.1, -0.05) is 125 Å². The molecule has 0 saturated carbocycles. The Morgan fingerprint density at radius 2 is 0.981 bits per heavy atom. The first kappa shape index (κ1) is 50.5. The van der Waals surface area contributed by atoms with Gasteiger partial charge in [0.1, 0.15) is 6.61 Å². The monoisotopic (exact) mass is 764 g/mol. The summed E-state index contributed by atoms with van der Waals surface area (Å²) < 4.78 is 32.7. The van der Waals surface area contributed by atoms with Gasteiger partial charge in [0.2, 0.25) is 0 Å². The van der Waals surface area contributed by atoms with E-state index in [-0.39, 0.29) is 32.6 Å². The molecule has 0 rings (SSSR count). The van der Waals surface area contributed by atoms with Crippen LogP contribution in [0.1, 0.15) is 155 Å². The van der Waals surface area contributed by atoms with E-state index < -0.39 is 32.5 Å². The Hall–Kier alpha value is -2.55. The van der Waals surface area contributed by atoms with E-state index in [1.54, 1.807) is 0 Å². The van der Waals surface area contributed by atoms with E-state index in [1.165, 1.54) is 44.9 Å². The third kappa shape index (κ3) is 39.0. The van der Waals surface area contributed by atoms with Gasteiger partial charge >= 0.3 is 19.8 Å². The zero-order chi connectivity index (χ0) is 38.9. The van der Waals surface area contributed by atoms with Crippen LogP contribution in [0.15, 0.2) is 72.9 Å². The van der Waals surface area contributed by atoms with Gasteiger partial charge in [0.15, 0.2) is 6.10 Å². The van der Waals surface area contributed by atoms with Crippen LogP contribution >= 0.6 is 7.82 Å². The number of rotatable bonds is 37. The van der Waals surface area contributed by atoms with Crippen LogP contribution in [0.3, 0.4) is 0 Å². The van der Waals surface area contributed by atoms with Crippen molar-refractivity contribution in [3.8, 4) is 0 Å². The van der Waals surface area contributed by atoms with Gasteiger partial charge < -0.3 is 20.1 Å². The van der Waals surface area contributed by atoms with Crippen LogP contribution in [0.25, 0.3) is 0 Å². The molecule has 53 heavy (non-hydrogen) atoms. The van der Waals surface area contributed by atoms with E-state index in [2.05, 4.69) is 86.8 Å². The number of carbonyl (C=O) groups is 2.